The van der Waals surface area contributed by atoms with E-state index in [2.05, 4.69) is 19.3 Å². The van der Waals surface area contributed by atoms with E-state index in [0.717, 1.165) is 0 Å². The Morgan fingerprint density at radius 2 is 1.56 bits per heavy atom. The van der Waals surface area contributed by atoms with Gasteiger partial charge < -0.3 is 10.8 Å². The Labute approximate surface area is 85.0 Å². The summed E-state index contributed by atoms with van der Waals surface area (Å²) in [7, 11) is 2.09. The van der Waals surface area contributed by atoms with E-state index in [9.17, 15) is 0 Å². The van der Waals surface area contributed by atoms with Crippen LogP contribution in [-0.4, -0.2) is 19.1 Å². The van der Waals surface area contributed by atoms with Crippen molar-refractivity contribution in [3.63, 3.8) is 0 Å². The molecular formula is C6H21NOY. The van der Waals surface area contributed by atoms with E-state index in [1.165, 1.54) is 13.0 Å². The minimum atomic E-state index is 0. The molecule has 59 valence electrons. The summed E-state index contributed by atoms with van der Waals surface area (Å²) in [5, 5.41) is 2.18. The molecule has 3 heteroatoms. The van der Waals surface area contributed by atoms with Crippen LogP contribution in [0.25, 0.3) is 0 Å². The second-order valence-corrected chi connectivity index (χ2v) is 1.20. The molecule has 0 fully saturated rings. The molecule has 0 aromatic carbocycles. The SMILES string of the molecule is C.C.CCC[NH2+]C.[OH-].[Y]. The van der Waals surface area contributed by atoms with E-state index in [1.807, 2.05) is 0 Å². The number of rotatable bonds is 2. The Balaban J connectivity index is -0.0000000133. The van der Waals surface area contributed by atoms with Crippen molar-refractivity contribution in [3.05, 3.63) is 0 Å². The van der Waals surface area contributed by atoms with Crippen LogP contribution < -0.4 is 5.32 Å². The van der Waals surface area contributed by atoms with Gasteiger partial charge in [-0.2, -0.15) is 0 Å². The van der Waals surface area contributed by atoms with E-state index in [-0.39, 0.29) is 53.0 Å². The third-order valence-corrected chi connectivity index (χ3v) is 0.577. The van der Waals surface area contributed by atoms with Gasteiger partial charge in [-0.05, 0) is 6.42 Å². The molecule has 0 aliphatic carbocycles. The van der Waals surface area contributed by atoms with Crippen LogP contribution in [0.5, 0.6) is 0 Å². The Morgan fingerprint density at radius 3 is 1.56 bits per heavy atom. The summed E-state index contributed by atoms with van der Waals surface area (Å²) in [5.41, 5.74) is 0. The van der Waals surface area contributed by atoms with Gasteiger partial charge in [-0.15, -0.1) is 0 Å². The molecule has 0 aromatic heterocycles. The van der Waals surface area contributed by atoms with Gasteiger partial charge in [-0.25, -0.2) is 0 Å². The predicted octanol–water partition coefficient (Wildman–Crippen LogP) is 0.682. The standard InChI is InChI=1S/C4H11N.2CH4.H2O.Y/c1-3-4-5-2;;;;/h5H,3-4H2,1-2H3;2*1H4;1H2;. The molecule has 0 unspecified atom stereocenters. The fraction of sp³-hybridized carbons (Fsp3) is 1.00. The van der Waals surface area contributed by atoms with Gasteiger partial charge in [0, 0.05) is 32.7 Å². The number of hydrogen-bond acceptors (Lipinski definition) is 1. The van der Waals surface area contributed by atoms with Crippen LogP contribution >= 0.6 is 0 Å². The van der Waals surface area contributed by atoms with Crippen LogP contribution in [0.15, 0.2) is 0 Å². The second-order valence-electron chi connectivity index (χ2n) is 1.20. The van der Waals surface area contributed by atoms with Gasteiger partial charge in [0.2, 0.25) is 0 Å². The maximum absolute atomic E-state index is 2.18. The summed E-state index contributed by atoms with van der Waals surface area (Å²) >= 11 is 0. The van der Waals surface area contributed by atoms with E-state index in [0.29, 0.717) is 0 Å². The van der Waals surface area contributed by atoms with Crippen LogP contribution in [0, 0.1) is 0 Å². The maximum Gasteiger partial charge on any atom is 0.0750 e. The van der Waals surface area contributed by atoms with Crippen molar-refractivity contribution in [3.8, 4) is 0 Å². The van der Waals surface area contributed by atoms with Gasteiger partial charge in [0.05, 0.1) is 13.6 Å². The van der Waals surface area contributed by atoms with Crippen LogP contribution in [-0.2, 0) is 32.7 Å². The molecule has 0 rings (SSSR count). The van der Waals surface area contributed by atoms with Crippen molar-refractivity contribution in [1.82, 2.24) is 0 Å². The summed E-state index contributed by atoms with van der Waals surface area (Å²) < 4.78 is 0. The molecule has 0 aliphatic rings. The van der Waals surface area contributed by atoms with Crippen molar-refractivity contribution >= 4 is 0 Å². The summed E-state index contributed by atoms with van der Waals surface area (Å²) in [5.74, 6) is 0. The zero-order valence-electron chi connectivity index (χ0n) is 5.02. The normalized spacial score (nSPS) is 4.67. The first kappa shape index (κ1) is 32.3. The van der Waals surface area contributed by atoms with E-state index in [4.69, 9.17) is 0 Å². The van der Waals surface area contributed by atoms with Gasteiger partial charge >= 0.3 is 0 Å². The molecule has 0 bridgehead atoms. The van der Waals surface area contributed by atoms with Crippen LogP contribution in [0.4, 0.5) is 0 Å². The van der Waals surface area contributed by atoms with Crippen LogP contribution in [0.2, 0.25) is 0 Å². The molecular weight excluding hydrogens is 191 g/mol. The largest absolute Gasteiger partial charge is 0.870 e. The average Bonchev–Trinajstić information content (AvgIpc) is 1.41. The van der Waals surface area contributed by atoms with E-state index in [1.54, 1.807) is 0 Å². The minimum Gasteiger partial charge on any atom is -0.870 e. The number of nitrogens with two attached hydrogens (primary N) is 1. The zero-order valence-corrected chi connectivity index (χ0v) is 7.85. The van der Waals surface area contributed by atoms with Crippen molar-refractivity contribution in [2.24, 2.45) is 0 Å². The van der Waals surface area contributed by atoms with Crippen molar-refractivity contribution in [1.29, 1.82) is 0 Å². The summed E-state index contributed by atoms with van der Waals surface area (Å²) in [6.07, 6.45) is 1.29. The molecule has 0 aliphatic heterocycles. The van der Waals surface area contributed by atoms with Gasteiger partial charge in [0.1, 0.15) is 0 Å². The molecule has 9 heavy (non-hydrogen) atoms. The molecule has 0 atom stereocenters. The molecule has 1 radical (unpaired) electrons. The minimum absolute atomic E-state index is 0. The van der Waals surface area contributed by atoms with Crippen molar-refractivity contribution in [2.45, 2.75) is 28.2 Å². The van der Waals surface area contributed by atoms with Crippen LogP contribution in [0.3, 0.4) is 0 Å². The first-order valence-electron chi connectivity index (χ1n) is 2.19. The Kier molecular flexibility index (Phi) is 129. The Morgan fingerprint density at radius 1 is 1.22 bits per heavy atom. The predicted molar refractivity (Wildman–Crippen MR) is 38.4 cm³/mol. The molecule has 0 aromatic rings. The van der Waals surface area contributed by atoms with Crippen LogP contribution in [0.1, 0.15) is 28.2 Å². The zero-order chi connectivity index (χ0) is 4.12. The summed E-state index contributed by atoms with van der Waals surface area (Å²) in [6, 6.07) is 0. The Bertz CT molecular complexity index is 20.5. The van der Waals surface area contributed by atoms with Gasteiger partial charge in [-0.3, -0.25) is 0 Å². The smallest absolute Gasteiger partial charge is 0.0750 e. The fourth-order valence-corrected chi connectivity index (χ4v) is 0.289. The molecule has 2 nitrogen and oxygen atoms in total. The molecule has 3 N–H and O–H groups in total. The van der Waals surface area contributed by atoms with Gasteiger partial charge in [-0.1, -0.05) is 21.8 Å². The third kappa shape index (κ3) is 48.7. The van der Waals surface area contributed by atoms with Crippen molar-refractivity contribution in [2.75, 3.05) is 13.6 Å². The topological polar surface area (TPSA) is 46.6 Å². The molecule has 0 heterocycles. The second kappa shape index (κ2) is 35.9. The third-order valence-electron chi connectivity index (χ3n) is 0.577. The monoisotopic (exact) mass is 212 g/mol. The number of hydrogen-bond donors (Lipinski definition) is 1. The van der Waals surface area contributed by atoms with Gasteiger partial charge in [0.25, 0.3) is 0 Å². The van der Waals surface area contributed by atoms with E-state index < -0.39 is 0 Å². The fourth-order valence-electron chi connectivity index (χ4n) is 0.289. The van der Waals surface area contributed by atoms with Crippen molar-refractivity contribution < 1.29 is 43.5 Å². The first-order chi connectivity index (χ1) is 2.41. The molecule has 0 saturated carbocycles. The first-order valence-corrected chi connectivity index (χ1v) is 2.19. The number of quaternary nitrogens is 1. The van der Waals surface area contributed by atoms with Gasteiger partial charge in [0.15, 0.2) is 0 Å². The molecule has 0 spiro atoms. The average molecular weight is 212 g/mol. The summed E-state index contributed by atoms with van der Waals surface area (Å²) in [6.45, 7) is 3.44. The van der Waals surface area contributed by atoms with E-state index >= 15 is 0 Å². The quantitative estimate of drug-likeness (QED) is 0.718. The summed E-state index contributed by atoms with van der Waals surface area (Å²) in [4.78, 5) is 0. The molecule has 0 amide bonds. The Hall–Kier alpha value is 1.02. The maximum atomic E-state index is 2.18. The molecule has 0 saturated heterocycles.